The molecule has 0 rings (SSSR count). The third-order valence-corrected chi connectivity index (χ3v) is 0.744. The van der Waals surface area contributed by atoms with Crippen molar-refractivity contribution >= 4 is 5.97 Å². The van der Waals surface area contributed by atoms with Gasteiger partial charge in [0, 0.05) is 6.42 Å². The molecule has 0 aliphatic carbocycles. The fourth-order valence-electron chi connectivity index (χ4n) is 0.328. The first-order valence-corrected chi connectivity index (χ1v) is 2.49. The standard InChI is InChI=1S/C5H10O2.Zn/c1-2-3-4-5(6)7;/h2-4H2,1H3,(H,6,7);/q;+2. The van der Waals surface area contributed by atoms with Crippen molar-refractivity contribution in [1.82, 2.24) is 0 Å². The van der Waals surface area contributed by atoms with Crippen LogP contribution in [0.5, 0.6) is 0 Å². The number of carboxylic acid groups (broad SMARTS) is 1. The van der Waals surface area contributed by atoms with Crippen molar-refractivity contribution in [2.75, 3.05) is 0 Å². The van der Waals surface area contributed by atoms with Gasteiger partial charge in [0.2, 0.25) is 0 Å². The summed E-state index contributed by atoms with van der Waals surface area (Å²) in [6, 6.07) is 0. The maximum atomic E-state index is 9.76. The summed E-state index contributed by atoms with van der Waals surface area (Å²) in [6.45, 7) is 1.98. The van der Waals surface area contributed by atoms with E-state index >= 15 is 0 Å². The quantitative estimate of drug-likeness (QED) is 0.643. The van der Waals surface area contributed by atoms with Gasteiger partial charge in [0.1, 0.15) is 0 Å². The Hall–Kier alpha value is 0.0934. The molecule has 0 aliphatic heterocycles. The summed E-state index contributed by atoms with van der Waals surface area (Å²) in [5.74, 6) is -0.693. The molecule has 3 heteroatoms. The maximum absolute atomic E-state index is 9.76. The Morgan fingerprint density at radius 3 is 2.25 bits per heavy atom. The molecule has 0 heterocycles. The van der Waals surface area contributed by atoms with Crippen LogP contribution >= 0.6 is 0 Å². The molecule has 0 aromatic heterocycles. The van der Waals surface area contributed by atoms with E-state index in [0.29, 0.717) is 6.42 Å². The van der Waals surface area contributed by atoms with Crippen molar-refractivity contribution in [3.05, 3.63) is 0 Å². The number of unbranched alkanes of at least 4 members (excludes halogenated alkanes) is 1. The van der Waals surface area contributed by atoms with Gasteiger partial charge in [-0.25, -0.2) is 0 Å². The number of carbonyl (C=O) groups is 1. The van der Waals surface area contributed by atoms with Crippen molar-refractivity contribution in [2.45, 2.75) is 26.2 Å². The summed E-state index contributed by atoms with van der Waals surface area (Å²) in [4.78, 5) is 9.76. The van der Waals surface area contributed by atoms with Gasteiger partial charge in [-0.15, -0.1) is 0 Å². The van der Waals surface area contributed by atoms with Gasteiger partial charge in [-0.1, -0.05) is 13.3 Å². The van der Waals surface area contributed by atoms with Crippen LogP contribution in [0.15, 0.2) is 0 Å². The molecule has 0 bridgehead atoms. The average molecular weight is 168 g/mol. The zero-order chi connectivity index (χ0) is 5.70. The minimum atomic E-state index is -0.693. The third-order valence-electron chi connectivity index (χ3n) is 0.744. The predicted molar refractivity (Wildman–Crippen MR) is 27.2 cm³/mol. The van der Waals surface area contributed by atoms with Crippen molar-refractivity contribution in [3.8, 4) is 0 Å². The number of hydrogen-bond acceptors (Lipinski definition) is 1. The van der Waals surface area contributed by atoms with Gasteiger partial charge >= 0.3 is 25.4 Å². The fraction of sp³-hybridized carbons (Fsp3) is 0.800. The average Bonchev–Trinajstić information content (AvgIpc) is 1.61. The Morgan fingerprint density at radius 2 is 2.12 bits per heavy atom. The Balaban J connectivity index is 0. The molecule has 42 valence electrons. The molecule has 8 heavy (non-hydrogen) atoms. The Morgan fingerprint density at radius 1 is 1.62 bits per heavy atom. The van der Waals surface area contributed by atoms with E-state index in [9.17, 15) is 4.79 Å². The van der Waals surface area contributed by atoms with E-state index in [1.54, 1.807) is 0 Å². The summed E-state index contributed by atoms with van der Waals surface area (Å²) in [5.41, 5.74) is 0. The van der Waals surface area contributed by atoms with Crippen LogP contribution < -0.4 is 0 Å². The molecular formula is C5H10O2Zn+2. The molecular weight excluding hydrogens is 157 g/mol. The van der Waals surface area contributed by atoms with Crippen LogP contribution in [0, 0.1) is 0 Å². The molecule has 0 aromatic carbocycles. The van der Waals surface area contributed by atoms with Crippen molar-refractivity contribution in [1.29, 1.82) is 0 Å². The predicted octanol–water partition coefficient (Wildman–Crippen LogP) is 1.26. The first-order chi connectivity index (χ1) is 3.27. The molecule has 0 saturated carbocycles. The summed E-state index contributed by atoms with van der Waals surface area (Å²) in [6.07, 6.45) is 2.08. The molecule has 0 atom stereocenters. The van der Waals surface area contributed by atoms with Crippen LogP contribution in [0.2, 0.25) is 0 Å². The van der Waals surface area contributed by atoms with Crippen molar-refractivity contribution in [3.63, 3.8) is 0 Å². The van der Waals surface area contributed by atoms with E-state index in [1.807, 2.05) is 6.92 Å². The van der Waals surface area contributed by atoms with Gasteiger partial charge in [0.05, 0.1) is 0 Å². The largest absolute Gasteiger partial charge is 2.00 e. The molecule has 0 unspecified atom stereocenters. The van der Waals surface area contributed by atoms with Crippen LogP contribution in [-0.4, -0.2) is 11.1 Å². The Kier molecular flexibility index (Phi) is 9.72. The second-order valence-corrected chi connectivity index (χ2v) is 1.50. The van der Waals surface area contributed by atoms with Crippen LogP contribution in [0.4, 0.5) is 0 Å². The normalized spacial score (nSPS) is 7.62. The Bertz CT molecular complexity index is 63.4. The number of rotatable bonds is 3. The SMILES string of the molecule is CCCCC(=O)O.[Zn+2]. The zero-order valence-electron chi connectivity index (χ0n) is 5.18. The molecule has 2 nitrogen and oxygen atoms in total. The molecule has 0 spiro atoms. The molecule has 0 saturated heterocycles. The maximum Gasteiger partial charge on any atom is 2.00 e. The van der Waals surface area contributed by atoms with Crippen molar-refractivity contribution < 1.29 is 29.4 Å². The van der Waals surface area contributed by atoms with Gasteiger partial charge in [-0.3, -0.25) is 4.79 Å². The number of hydrogen-bond donors (Lipinski definition) is 1. The second kappa shape index (κ2) is 7.09. The fourth-order valence-corrected chi connectivity index (χ4v) is 0.328. The van der Waals surface area contributed by atoms with E-state index in [-0.39, 0.29) is 19.5 Å². The van der Waals surface area contributed by atoms with E-state index in [1.165, 1.54) is 0 Å². The van der Waals surface area contributed by atoms with Crippen LogP contribution in [-0.2, 0) is 24.3 Å². The minimum Gasteiger partial charge on any atom is -0.481 e. The van der Waals surface area contributed by atoms with Gasteiger partial charge in [-0.2, -0.15) is 0 Å². The monoisotopic (exact) mass is 166 g/mol. The molecule has 0 radical (unpaired) electrons. The van der Waals surface area contributed by atoms with Crippen LogP contribution in [0.1, 0.15) is 26.2 Å². The number of aliphatic carboxylic acids is 1. The molecule has 0 fully saturated rings. The van der Waals surface area contributed by atoms with E-state index in [0.717, 1.165) is 12.8 Å². The summed E-state index contributed by atoms with van der Waals surface area (Å²) in [5, 5.41) is 8.04. The zero-order valence-corrected chi connectivity index (χ0v) is 8.15. The molecule has 0 aliphatic rings. The van der Waals surface area contributed by atoms with E-state index in [4.69, 9.17) is 5.11 Å². The first-order valence-electron chi connectivity index (χ1n) is 2.49. The smallest absolute Gasteiger partial charge is 0.481 e. The molecule has 0 amide bonds. The molecule has 0 aromatic rings. The van der Waals surface area contributed by atoms with E-state index < -0.39 is 5.97 Å². The Labute approximate surface area is 62.0 Å². The topological polar surface area (TPSA) is 37.3 Å². The second-order valence-electron chi connectivity index (χ2n) is 1.50. The summed E-state index contributed by atoms with van der Waals surface area (Å²) in [7, 11) is 0. The van der Waals surface area contributed by atoms with Gasteiger partial charge in [-0.05, 0) is 6.42 Å². The van der Waals surface area contributed by atoms with Gasteiger partial charge in [0.25, 0.3) is 0 Å². The van der Waals surface area contributed by atoms with E-state index in [2.05, 4.69) is 0 Å². The van der Waals surface area contributed by atoms with Gasteiger partial charge in [0.15, 0.2) is 0 Å². The minimum absolute atomic E-state index is 0. The molecule has 1 N–H and O–H groups in total. The first kappa shape index (κ1) is 11.0. The summed E-state index contributed by atoms with van der Waals surface area (Å²) < 4.78 is 0. The number of carboxylic acids is 1. The van der Waals surface area contributed by atoms with Crippen LogP contribution in [0.25, 0.3) is 0 Å². The van der Waals surface area contributed by atoms with Crippen molar-refractivity contribution in [2.24, 2.45) is 0 Å². The summed E-state index contributed by atoms with van der Waals surface area (Å²) >= 11 is 0. The van der Waals surface area contributed by atoms with Crippen LogP contribution in [0.3, 0.4) is 0 Å². The van der Waals surface area contributed by atoms with Gasteiger partial charge < -0.3 is 5.11 Å². The third kappa shape index (κ3) is 9.43.